The van der Waals surface area contributed by atoms with E-state index in [9.17, 15) is 19.5 Å². The van der Waals surface area contributed by atoms with Crippen LogP contribution in [0.2, 0.25) is 0 Å². The van der Waals surface area contributed by atoms with Crippen molar-refractivity contribution in [1.29, 1.82) is 0 Å². The summed E-state index contributed by atoms with van der Waals surface area (Å²) < 4.78 is 0. The number of fused-ring (bicyclic) bond motifs is 2. The highest BCUT2D eigenvalue weighted by Crippen LogP contribution is 2.49. The van der Waals surface area contributed by atoms with Gasteiger partial charge >= 0.3 is 0 Å². The molecule has 6 nitrogen and oxygen atoms in total. The maximum absolute atomic E-state index is 12.5. The molecule has 6 heteroatoms. The lowest BCUT2D eigenvalue weighted by atomic mass is 9.82. The summed E-state index contributed by atoms with van der Waals surface area (Å²) in [5.41, 5.74) is -0.711. The van der Waals surface area contributed by atoms with Crippen LogP contribution in [0.25, 0.3) is 0 Å². The molecule has 0 radical (unpaired) electrons. The first-order chi connectivity index (χ1) is 9.42. The fourth-order valence-electron chi connectivity index (χ4n) is 3.00. The largest absolute Gasteiger partial charge is 0.503 e. The summed E-state index contributed by atoms with van der Waals surface area (Å²) in [7, 11) is 1.40. The average molecular weight is 272 g/mol. The summed E-state index contributed by atoms with van der Waals surface area (Å²) >= 11 is 0. The fraction of sp³-hybridized carbons (Fsp3) is 0.214. The van der Waals surface area contributed by atoms with E-state index in [-0.39, 0.29) is 5.57 Å². The molecule has 1 aromatic carbocycles. The molecule has 1 aromatic rings. The standard InChI is InChI=1S/C14H12N2O4/c1-7(17)10-11(18)12(19)16(2)14(10)8-5-3-4-6-9(8)15-13(14)20/h3-6,18H,1-2H3,(H,15,20)/t14-/m1/s1. The maximum Gasteiger partial charge on any atom is 0.290 e. The van der Waals surface area contributed by atoms with Gasteiger partial charge in [-0.25, -0.2) is 0 Å². The average Bonchev–Trinajstić information content (AvgIpc) is 2.80. The number of aliphatic hydroxyl groups excluding tert-OH is 1. The number of nitrogens with zero attached hydrogens (tertiary/aromatic N) is 1. The van der Waals surface area contributed by atoms with Gasteiger partial charge in [0.25, 0.3) is 11.8 Å². The summed E-state index contributed by atoms with van der Waals surface area (Å²) in [5.74, 6) is -2.41. The Morgan fingerprint density at radius 3 is 2.60 bits per heavy atom. The first kappa shape index (κ1) is 12.4. The number of Topliss-reactive ketones (excluding diaryl/α,β-unsaturated/α-hetero) is 1. The minimum absolute atomic E-state index is 0.174. The zero-order chi connectivity index (χ0) is 14.7. The van der Waals surface area contributed by atoms with E-state index >= 15 is 0 Å². The van der Waals surface area contributed by atoms with Gasteiger partial charge < -0.3 is 15.3 Å². The van der Waals surface area contributed by atoms with Crippen molar-refractivity contribution in [3.63, 3.8) is 0 Å². The fourth-order valence-corrected chi connectivity index (χ4v) is 3.00. The Balaban J connectivity index is 2.39. The lowest BCUT2D eigenvalue weighted by molar-refractivity contribution is -0.137. The number of benzene rings is 1. The van der Waals surface area contributed by atoms with Gasteiger partial charge in [0.1, 0.15) is 0 Å². The lowest BCUT2D eigenvalue weighted by Gasteiger charge is -2.31. The van der Waals surface area contributed by atoms with Crippen molar-refractivity contribution in [3.8, 4) is 0 Å². The zero-order valence-corrected chi connectivity index (χ0v) is 10.9. The van der Waals surface area contributed by atoms with Crippen LogP contribution in [0.1, 0.15) is 12.5 Å². The summed E-state index contributed by atoms with van der Waals surface area (Å²) in [4.78, 5) is 37.5. The number of aliphatic hydroxyl groups is 1. The number of ketones is 1. The molecular formula is C14H12N2O4. The third-order valence-electron chi connectivity index (χ3n) is 3.85. The Morgan fingerprint density at radius 2 is 1.95 bits per heavy atom. The van der Waals surface area contributed by atoms with Gasteiger partial charge in [0.2, 0.25) is 0 Å². The number of carbonyl (C=O) groups excluding carboxylic acids is 3. The van der Waals surface area contributed by atoms with E-state index in [1.54, 1.807) is 24.3 Å². The molecule has 2 N–H and O–H groups in total. The smallest absolute Gasteiger partial charge is 0.290 e. The molecule has 102 valence electrons. The van der Waals surface area contributed by atoms with Gasteiger partial charge in [0.05, 0.1) is 5.57 Å². The molecule has 2 aliphatic heterocycles. The molecule has 1 atom stereocenters. The maximum atomic E-state index is 12.5. The summed E-state index contributed by atoms with van der Waals surface area (Å²) in [5, 5.41) is 12.6. The Kier molecular flexibility index (Phi) is 2.29. The van der Waals surface area contributed by atoms with Crippen LogP contribution in [0, 0.1) is 0 Å². The topological polar surface area (TPSA) is 86.7 Å². The van der Waals surface area contributed by atoms with Crippen LogP contribution >= 0.6 is 0 Å². The molecule has 2 amide bonds. The van der Waals surface area contributed by atoms with E-state index < -0.39 is 28.9 Å². The Morgan fingerprint density at radius 1 is 1.30 bits per heavy atom. The van der Waals surface area contributed by atoms with Gasteiger partial charge in [-0.15, -0.1) is 0 Å². The van der Waals surface area contributed by atoms with Crippen molar-refractivity contribution in [3.05, 3.63) is 41.2 Å². The summed E-state index contributed by atoms with van der Waals surface area (Å²) in [6.07, 6.45) is 0. The van der Waals surface area contributed by atoms with E-state index in [0.29, 0.717) is 11.3 Å². The van der Waals surface area contributed by atoms with Crippen LogP contribution in [-0.4, -0.2) is 34.7 Å². The van der Waals surface area contributed by atoms with Gasteiger partial charge in [0, 0.05) is 18.3 Å². The lowest BCUT2D eigenvalue weighted by Crippen LogP contribution is -2.49. The van der Waals surface area contributed by atoms with Gasteiger partial charge in [-0.2, -0.15) is 0 Å². The molecule has 1 spiro atoms. The van der Waals surface area contributed by atoms with Crippen molar-refractivity contribution in [1.82, 2.24) is 4.90 Å². The molecule has 20 heavy (non-hydrogen) atoms. The Bertz CT molecular complexity index is 707. The molecule has 0 fully saturated rings. The van der Waals surface area contributed by atoms with Gasteiger partial charge in [0.15, 0.2) is 17.1 Å². The minimum Gasteiger partial charge on any atom is -0.503 e. The van der Waals surface area contributed by atoms with Crippen LogP contribution in [-0.2, 0) is 19.9 Å². The number of hydrogen-bond acceptors (Lipinski definition) is 4. The van der Waals surface area contributed by atoms with E-state index in [1.165, 1.54) is 14.0 Å². The molecule has 0 unspecified atom stereocenters. The molecular weight excluding hydrogens is 260 g/mol. The van der Waals surface area contributed by atoms with E-state index in [2.05, 4.69) is 5.32 Å². The van der Waals surface area contributed by atoms with Crippen molar-refractivity contribution in [2.45, 2.75) is 12.5 Å². The van der Waals surface area contributed by atoms with Crippen LogP contribution in [0.3, 0.4) is 0 Å². The van der Waals surface area contributed by atoms with Gasteiger partial charge in [-0.05, 0) is 13.0 Å². The quantitative estimate of drug-likeness (QED) is 0.788. The van der Waals surface area contributed by atoms with Crippen LogP contribution in [0.4, 0.5) is 5.69 Å². The highest BCUT2D eigenvalue weighted by molar-refractivity contribution is 6.21. The number of likely N-dealkylation sites (N-methyl/N-ethyl adjacent to an activating group) is 1. The van der Waals surface area contributed by atoms with Crippen molar-refractivity contribution >= 4 is 23.3 Å². The predicted octanol–water partition coefficient (Wildman–Crippen LogP) is 0.707. The highest BCUT2D eigenvalue weighted by atomic mass is 16.3. The number of hydrogen-bond donors (Lipinski definition) is 2. The Labute approximate surface area is 114 Å². The predicted molar refractivity (Wildman–Crippen MR) is 69.9 cm³/mol. The second kappa shape index (κ2) is 3.69. The number of para-hydroxylation sites is 1. The molecule has 3 rings (SSSR count). The summed E-state index contributed by atoms with van der Waals surface area (Å²) in [6.45, 7) is 1.23. The molecule has 0 bridgehead atoms. The van der Waals surface area contributed by atoms with Crippen LogP contribution in [0.15, 0.2) is 35.6 Å². The monoisotopic (exact) mass is 272 g/mol. The zero-order valence-electron chi connectivity index (χ0n) is 10.9. The first-order valence-electron chi connectivity index (χ1n) is 6.06. The molecule has 0 aromatic heterocycles. The van der Waals surface area contributed by atoms with Crippen molar-refractivity contribution in [2.24, 2.45) is 0 Å². The first-order valence-corrected chi connectivity index (χ1v) is 6.06. The Hall–Kier alpha value is -2.63. The van der Waals surface area contributed by atoms with Crippen LogP contribution < -0.4 is 5.32 Å². The highest BCUT2D eigenvalue weighted by Gasteiger charge is 2.61. The van der Waals surface area contributed by atoms with Crippen LogP contribution in [0.5, 0.6) is 0 Å². The van der Waals surface area contributed by atoms with Crippen molar-refractivity contribution in [2.75, 3.05) is 12.4 Å². The minimum atomic E-state index is -1.57. The number of rotatable bonds is 1. The van der Waals surface area contributed by atoms with E-state index in [4.69, 9.17) is 0 Å². The second-order valence-electron chi connectivity index (χ2n) is 4.85. The van der Waals surface area contributed by atoms with Gasteiger partial charge in [-0.1, -0.05) is 18.2 Å². The molecule has 0 saturated heterocycles. The number of amides is 2. The normalized spacial score (nSPS) is 24.4. The summed E-state index contributed by atoms with van der Waals surface area (Å²) in [6, 6.07) is 6.81. The van der Waals surface area contributed by atoms with E-state index in [0.717, 1.165) is 4.90 Å². The van der Waals surface area contributed by atoms with Gasteiger partial charge in [-0.3, -0.25) is 14.4 Å². The molecule has 0 saturated carbocycles. The number of carbonyl (C=O) groups is 3. The molecule has 0 aliphatic carbocycles. The SMILES string of the molecule is CC(=O)C1=C(O)C(=O)N(C)[C@@]12C(=O)Nc1ccccc12. The number of anilines is 1. The van der Waals surface area contributed by atoms with Crippen molar-refractivity contribution < 1.29 is 19.5 Å². The third kappa shape index (κ3) is 1.16. The molecule has 2 aliphatic rings. The van der Waals surface area contributed by atoms with E-state index in [1.807, 2.05) is 0 Å². The third-order valence-corrected chi connectivity index (χ3v) is 3.85. The molecule has 2 heterocycles. The second-order valence-corrected chi connectivity index (χ2v) is 4.85. The number of nitrogens with one attached hydrogen (secondary N) is 1.